The Bertz CT molecular complexity index is 881. The summed E-state index contributed by atoms with van der Waals surface area (Å²) in [6.45, 7) is 1.39. The van der Waals surface area contributed by atoms with Crippen LogP contribution in [0.1, 0.15) is 17.4 Å². The molecule has 0 saturated heterocycles. The lowest BCUT2D eigenvalue weighted by Gasteiger charge is -2.32. The van der Waals surface area contributed by atoms with Gasteiger partial charge in [-0.15, -0.1) is 0 Å². The van der Waals surface area contributed by atoms with Crippen molar-refractivity contribution in [2.45, 2.75) is 13.0 Å². The predicted molar refractivity (Wildman–Crippen MR) is 97.7 cm³/mol. The van der Waals surface area contributed by atoms with Gasteiger partial charge in [0.2, 0.25) is 5.91 Å². The highest BCUT2D eigenvalue weighted by atomic mass is 32.1. The fraction of sp³-hybridized carbons (Fsp3) is 0.250. The van der Waals surface area contributed by atoms with E-state index in [0.717, 1.165) is 11.3 Å². The Balaban J connectivity index is 1.81. The Morgan fingerprint density at radius 2 is 2.12 bits per heavy atom. The number of rotatable bonds is 5. The van der Waals surface area contributed by atoms with E-state index in [-0.39, 0.29) is 23.1 Å². The zero-order valence-corrected chi connectivity index (χ0v) is 14.9. The van der Waals surface area contributed by atoms with E-state index in [0.29, 0.717) is 16.6 Å². The topological polar surface area (TPSA) is 127 Å². The van der Waals surface area contributed by atoms with Crippen LogP contribution >= 0.6 is 11.3 Å². The molecule has 136 valence electrons. The first-order valence-electron chi connectivity index (χ1n) is 7.76. The summed E-state index contributed by atoms with van der Waals surface area (Å²) in [7, 11) is 1.64. The lowest BCUT2D eigenvalue weighted by molar-refractivity contribution is -0.127. The molecule has 0 fully saturated rings. The Morgan fingerprint density at radius 1 is 1.38 bits per heavy atom. The molecular formula is C16H17N5O4S. The van der Waals surface area contributed by atoms with Crippen molar-refractivity contribution in [2.75, 3.05) is 29.1 Å². The van der Waals surface area contributed by atoms with Gasteiger partial charge in [-0.25, -0.2) is 4.98 Å². The summed E-state index contributed by atoms with van der Waals surface area (Å²) >= 11 is 1.08. The molecule has 4 N–H and O–H groups in total. The zero-order chi connectivity index (χ0) is 18.8. The summed E-state index contributed by atoms with van der Waals surface area (Å²) in [4.78, 5) is 41.8. The molecule has 0 radical (unpaired) electrons. The molecule has 1 atom stereocenters. The van der Waals surface area contributed by atoms with Crippen molar-refractivity contribution in [1.29, 1.82) is 0 Å². The minimum absolute atomic E-state index is 0.0326. The molecule has 2 aromatic rings. The number of hydrogen-bond donors (Lipinski definition) is 3. The van der Waals surface area contributed by atoms with Crippen molar-refractivity contribution in [3.63, 3.8) is 0 Å². The molecule has 1 aromatic heterocycles. The molecule has 3 rings (SSSR count). The Labute approximate surface area is 153 Å². The van der Waals surface area contributed by atoms with Crippen LogP contribution in [0, 0.1) is 0 Å². The number of carbonyl (C=O) groups excluding carboxylic acids is 3. The van der Waals surface area contributed by atoms with Gasteiger partial charge in [0, 0.05) is 7.05 Å². The number of fused-ring (bicyclic) bond motifs is 1. The largest absolute Gasteiger partial charge is 0.479 e. The van der Waals surface area contributed by atoms with Crippen molar-refractivity contribution < 1.29 is 19.1 Å². The van der Waals surface area contributed by atoms with Gasteiger partial charge in [-0.2, -0.15) is 0 Å². The van der Waals surface area contributed by atoms with Crippen LogP contribution in [-0.4, -0.2) is 42.4 Å². The van der Waals surface area contributed by atoms with E-state index in [2.05, 4.69) is 15.6 Å². The number of ether oxygens (including phenoxy) is 1. The molecule has 0 saturated carbocycles. The number of nitrogens with zero attached hydrogens (tertiary/aromatic N) is 2. The Morgan fingerprint density at radius 3 is 2.81 bits per heavy atom. The maximum Gasteiger partial charge on any atom is 0.270 e. The minimum atomic E-state index is -0.750. The summed E-state index contributed by atoms with van der Waals surface area (Å²) in [5.41, 5.74) is 5.77. The number of carbonyl (C=O) groups is 3. The van der Waals surface area contributed by atoms with E-state index in [1.165, 1.54) is 4.90 Å². The van der Waals surface area contributed by atoms with Gasteiger partial charge in [-0.05, 0) is 19.1 Å². The van der Waals surface area contributed by atoms with Gasteiger partial charge >= 0.3 is 0 Å². The minimum Gasteiger partial charge on any atom is -0.479 e. The molecule has 1 unspecified atom stereocenters. The van der Waals surface area contributed by atoms with Gasteiger partial charge < -0.3 is 21.1 Å². The molecular weight excluding hydrogens is 358 g/mol. The Kier molecular flexibility index (Phi) is 4.76. The van der Waals surface area contributed by atoms with Crippen molar-refractivity contribution in [3.8, 4) is 5.75 Å². The van der Waals surface area contributed by atoms with E-state index in [1.54, 1.807) is 38.2 Å². The number of amides is 3. The summed E-state index contributed by atoms with van der Waals surface area (Å²) in [5, 5.41) is 6.06. The molecule has 0 spiro atoms. The molecule has 1 aromatic carbocycles. The first-order chi connectivity index (χ1) is 12.4. The number of para-hydroxylation sites is 2. The number of nitrogens with two attached hydrogens (primary N) is 1. The summed E-state index contributed by atoms with van der Waals surface area (Å²) < 4.78 is 5.54. The second-order valence-corrected chi connectivity index (χ2v) is 6.51. The van der Waals surface area contributed by atoms with Crippen molar-refractivity contribution in [1.82, 2.24) is 4.98 Å². The van der Waals surface area contributed by atoms with Crippen LogP contribution in [0.5, 0.6) is 5.75 Å². The van der Waals surface area contributed by atoms with Gasteiger partial charge in [0.1, 0.15) is 17.3 Å². The fourth-order valence-corrected chi connectivity index (χ4v) is 3.35. The number of primary amides is 1. The molecule has 10 heteroatoms. The second-order valence-electron chi connectivity index (χ2n) is 5.51. The SMILES string of the molecule is CNc1nc(C(N)=O)c(NC(=O)CN2C(=O)C(C)Oc3ccccc32)s1. The van der Waals surface area contributed by atoms with Gasteiger partial charge in [0.25, 0.3) is 11.8 Å². The lowest BCUT2D eigenvalue weighted by atomic mass is 10.2. The van der Waals surface area contributed by atoms with Crippen LogP contribution in [0.4, 0.5) is 15.8 Å². The lowest BCUT2D eigenvalue weighted by Crippen LogP contribution is -2.47. The van der Waals surface area contributed by atoms with Crippen molar-refractivity contribution >= 4 is 44.9 Å². The highest BCUT2D eigenvalue weighted by Crippen LogP contribution is 2.34. The molecule has 1 aliphatic heterocycles. The van der Waals surface area contributed by atoms with Crippen LogP contribution in [-0.2, 0) is 9.59 Å². The summed E-state index contributed by atoms with van der Waals surface area (Å²) in [6.07, 6.45) is -0.696. The van der Waals surface area contributed by atoms with Crippen molar-refractivity contribution in [3.05, 3.63) is 30.0 Å². The molecule has 0 bridgehead atoms. The highest BCUT2D eigenvalue weighted by Gasteiger charge is 2.32. The third-order valence-corrected chi connectivity index (χ3v) is 4.69. The number of thiazole rings is 1. The number of aromatic nitrogens is 1. The predicted octanol–water partition coefficient (Wildman–Crippen LogP) is 1.04. The van der Waals surface area contributed by atoms with Gasteiger partial charge in [-0.1, -0.05) is 23.5 Å². The van der Waals surface area contributed by atoms with E-state index in [4.69, 9.17) is 10.5 Å². The number of nitrogens with one attached hydrogen (secondary N) is 2. The van der Waals surface area contributed by atoms with E-state index in [9.17, 15) is 14.4 Å². The maximum atomic E-state index is 12.5. The average Bonchev–Trinajstić information content (AvgIpc) is 3.02. The van der Waals surface area contributed by atoms with E-state index >= 15 is 0 Å². The second kappa shape index (κ2) is 7.00. The molecule has 2 heterocycles. The zero-order valence-electron chi connectivity index (χ0n) is 14.1. The molecule has 9 nitrogen and oxygen atoms in total. The molecule has 3 amide bonds. The van der Waals surface area contributed by atoms with Crippen LogP contribution in [0.3, 0.4) is 0 Å². The average molecular weight is 375 g/mol. The first kappa shape index (κ1) is 17.7. The van der Waals surface area contributed by atoms with Gasteiger partial charge in [0.15, 0.2) is 16.9 Å². The monoisotopic (exact) mass is 375 g/mol. The molecule has 26 heavy (non-hydrogen) atoms. The van der Waals surface area contributed by atoms with Crippen LogP contribution < -0.4 is 26.0 Å². The van der Waals surface area contributed by atoms with E-state index in [1.807, 2.05) is 0 Å². The Hall–Kier alpha value is -3.14. The van der Waals surface area contributed by atoms with Crippen molar-refractivity contribution in [2.24, 2.45) is 5.73 Å². The number of hydrogen-bond acceptors (Lipinski definition) is 7. The fourth-order valence-electron chi connectivity index (χ4n) is 2.51. The van der Waals surface area contributed by atoms with E-state index < -0.39 is 17.9 Å². The maximum absolute atomic E-state index is 12.5. The quantitative estimate of drug-likeness (QED) is 0.717. The van der Waals surface area contributed by atoms with Crippen LogP contribution in [0.2, 0.25) is 0 Å². The molecule has 0 aliphatic carbocycles. The van der Waals surface area contributed by atoms with Crippen LogP contribution in [0.25, 0.3) is 0 Å². The summed E-state index contributed by atoms with van der Waals surface area (Å²) in [6, 6.07) is 6.98. The van der Waals surface area contributed by atoms with Gasteiger partial charge in [-0.3, -0.25) is 19.3 Å². The number of benzene rings is 1. The highest BCUT2D eigenvalue weighted by molar-refractivity contribution is 7.20. The summed E-state index contributed by atoms with van der Waals surface area (Å²) in [5.74, 6) is -1.02. The molecule has 1 aliphatic rings. The smallest absolute Gasteiger partial charge is 0.270 e. The third kappa shape index (κ3) is 3.31. The van der Waals surface area contributed by atoms with Gasteiger partial charge in [0.05, 0.1) is 5.69 Å². The number of anilines is 3. The standard InChI is InChI=1S/C16H17N5O4S/c1-8-15(24)21(9-5-3-4-6-10(9)25-8)7-11(22)19-14-12(13(17)23)20-16(18-2)26-14/h3-6,8H,7H2,1-2H3,(H2,17,23)(H,18,20)(H,19,22). The van der Waals surface area contributed by atoms with Crippen LogP contribution in [0.15, 0.2) is 24.3 Å². The first-order valence-corrected chi connectivity index (χ1v) is 8.57. The third-order valence-electron chi connectivity index (χ3n) is 3.70. The normalized spacial score (nSPS) is 15.8.